The average Bonchev–Trinajstić information content (AvgIpc) is 2.44. The minimum atomic E-state index is -0.0979. The van der Waals surface area contributed by atoms with Crippen molar-refractivity contribution < 1.29 is 0 Å². The number of nitrogens with one attached hydrogen (secondary N) is 1. The summed E-state index contributed by atoms with van der Waals surface area (Å²) in [6.45, 7) is 1.88. The van der Waals surface area contributed by atoms with Gasteiger partial charge in [-0.15, -0.1) is 0 Å². The number of hydrogen-bond donors (Lipinski definition) is 1. The Kier molecular flexibility index (Phi) is 1.77. The minimum absolute atomic E-state index is 0.0979. The predicted octanol–water partition coefficient (Wildman–Crippen LogP) is 1.82. The van der Waals surface area contributed by atoms with Crippen LogP contribution < -0.4 is 5.69 Å². The monoisotopic (exact) mass is 174 g/mol. The van der Waals surface area contributed by atoms with Crippen molar-refractivity contribution in [2.24, 2.45) is 0 Å². The number of hydrogen-bond acceptors (Lipinski definition) is 1. The molecule has 0 fully saturated rings. The van der Waals surface area contributed by atoms with Gasteiger partial charge in [0.25, 0.3) is 0 Å². The minimum Gasteiger partial charge on any atom is -0.305 e. The van der Waals surface area contributed by atoms with Gasteiger partial charge in [-0.05, 0) is 19.1 Å². The highest BCUT2D eigenvalue weighted by Crippen LogP contribution is 2.08. The van der Waals surface area contributed by atoms with Crippen LogP contribution in [0.15, 0.2) is 35.1 Å². The summed E-state index contributed by atoms with van der Waals surface area (Å²) in [5.41, 5.74) is 1.68. The molecule has 0 unspecified atom stereocenters. The Hall–Kier alpha value is -1.77. The quantitative estimate of drug-likeness (QED) is 0.703. The molecular formula is C10H10N2O. The van der Waals surface area contributed by atoms with Gasteiger partial charge >= 0.3 is 5.69 Å². The van der Waals surface area contributed by atoms with Gasteiger partial charge in [0, 0.05) is 6.20 Å². The molecule has 0 saturated heterocycles. The second kappa shape index (κ2) is 2.94. The van der Waals surface area contributed by atoms with Crippen molar-refractivity contribution in [1.29, 1.82) is 0 Å². The number of para-hydroxylation sites is 2. The zero-order valence-electron chi connectivity index (χ0n) is 7.32. The van der Waals surface area contributed by atoms with E-state index in [0.29, 0.717) is 0 Å². The Morgan fingerprint density at radius 3 is 2.92 bits per heavy atom. The van der Waals surface area contributed by atoms with Gasteiger partial charge in [-0.25, -0.2) is 4.79 Å². The number of H-pyrrole nitrogens is 1. The highest BCUT2D eigenvalue weighted by Gasteiger charge is 2.00. The van der Waals surface area contributed by atoms with Gasteiger partial charge in [0.05, 0.1) is 11.0 Å². The van der Waals surface area contributed by atoms with Crippen molar-refractivity contribution >= 4 is 17.2 Å². The molecule has 1 aromatic heterocycles. The molecule has 2 rings (SSSR count). The van der Waals surface area contributed by atoms with E-state index in [1.807, 2.05) is 37.3 Å². The summed E-state index contributed by atoms with van der Waals surface area (Å²) in [4.78, 5) is 14.2. The molecule has 0 aliphatic carbocycles. The Bertz CT molecular complexity index is 505. The van der Waals surface area contributed by atoms with E-state index in [9.17, 15) is 4.79 Å². The first-order valence-corrected chi connectivity index (χ1v) is 4.15. The van der Waals surface area contributed by atoms with Crippen LogP contribution in [0.2, 0.25) is 0 Å². The topological polar surface area (TPSA) is 37.8 Å². The zero-order chi connectivity index (χ0) is 9.26. The van der Waals surface area contributed by atoms with Crippen LogP contribution in [0, 0.1) is 0 Å². The van der Waals surface area contributed by atoms with E-state index in [0.717, 1.165) is 11.0 Å². The fourth-order valence-electron chi connectivity index (χ4n) is 1.37. The number of allylic oxidation sites excluding steroid dienone is 1. The average molecular weight is 174 g/mol. The summed E-state index contributed by atoms with van der Waals surface area (Å²) >= 11 is 0. The third-order valence-electron chi connectivity index (χ3n) is 1.92. The number of imidazole rings is 1. The summed E-state index contributed by atoms with van der Waals surface area (Å²) < 4.78 is 1.59. The highest BCUT2D eigenvalue weighted by molar-refractivity contribution is 5.77. The lowest BCUT2D eigenvalue weighted by atomic mass is 10.3. The molecule has 1 aromatic carbocycles. The van der Waals surface area contributed by atoms with Crippen molar-refractivity contribution in [1.82, 2.24) is 9.55 Å². The van der Waals surface area contributed by atoms with Gasteiger partial charge in [-0.1, -0.05) is 18.2 Å². The van der Waals surface area contributed by atoms with Crippen LogP contribution in [0.1, 0.15) is 6.92 Å². The van der Waals surface area contributed by atoms with Crippen molar-refractivity contribution in [3.05, 3.63) is 40.8 Å². The largest absolute Gasteiger partial charge is 0.330 e. The van der Waals surface area contributed by atoms with Crippen LogP contribution in [0.5, 0.6) is 0 Å². The van der Waals surface area contributed by atoms with Gasteiger partial charge in [-0.3, -0.25) is 4.57 Å². The molecule has 0 aliphatic rings. The first-order chi connectivity index (χ1) is 6.33. The molecule has 1 heterocycles. The molecule has 13 heavy (non-hydrogen) atoms. The number of rotatable bonds is 1. The zero-order valence-corrected chi connectivity index (χ0v) is 7.32. The first kappa shape index (κ1) is 7.86. The number of benzene rings is 1. The molecule has 0 radical (unpaired) electrons. The van der Waals surface area contributed by atoms with Crippen LogP contribution >= 0.6 is 0 Å². The van der Waals surface area contributed by atoms with Crippen molar-refractivity contribution in [3.8, 4) is 0 Å². The highest BCUT2D eigenvalue weighted by atomic mass is 16.1. The molecule has 3 nitrogen and oxygen atoms in total. The third kappa shape index (κ3) is 1.18. The Balaban J connectivity index is 2.86. The van der Waals surface area contributed by atoms with Gasteiger partial charge in [0.15, 0.2) is 0 Å². The van der Waals surface area contributed by atoms with E-state index in [-0.39, 0.29) is 5.69 Å². The molecule has 0 spiro atoms. The fraction of sp³-hybridized carbons (Fsp3) is 0.100. The summed E-state index contributed by atoms with van der Waals surface area (Å²) in [6.07, 6.45) is 3.59. The summed E-state index contributed by atoms with van der Waals surface area (Å²) in [7, 11) is 0. The molecule has 0 bridgehead atoms. The maximum absolute atomic E-state index is 11.4. The maximum atomic E-state index is 11.4. The second-order valence-electron chi connectivity index (χ2n) is 2.80. The van der Waals surface area contributed by atoms with Crippen molar-refractivity contribution in [3.63, 3.8) is 0 Å². The van der Waals surface area contributed by atoms with Crippen molar-refractivity contribution in [2.45, 2.75) is 6.92 Å². The lowest BCUT2D eigenvalue weighted by Crippen LogP contribution is -2.10. The van der Waals surface area contributed by atoms with Gasteiger partial charge in [-0.2, -0.15) is 0 Å². The normalized spacial score (nSPS) is 11.5. The molecule has 0 saturated carbocycles. The molecule has 0 atom stereocenters. The van der Waals surface area contributed by atoms with E-state index in [4.69, 9.17) is 0 Å². The number of aromatic amines is 1. The molecule has 66 valence electrons. The third-order valence-corrected chi connectivity index (χ3v) is 1.92. The molecular weight excluding hydrogens is 164 g/mol. The van der Waals surface area contributed by atoms with Gasteiger partial charge < -0.3 is 4.98 Å². The molecule has 1 N–H and O–H groups in total. The van der Waals surface area contributed by atoms with Crippen LogP contribution in [-0.4, -0.2) is 9.55 Å². The Morgan fingerprint density at radius 1 is 1.38 bits per heavy atom. The molecule has 0 aliphatic heterocycles. The first-order valence-electron chi connectivity index (χ1n) is 4.15. The van der Waals surface area contributed by atoms with Crippen molar-refractivity contribution in [2.75, 3.05) is 0 Å². The summed E-state index contributed by atoms with van der Waals surface area (Å²) in [5, 5.41) is 0. The standard InChI is InChI=1S/C10H10N2O/c1-2-7-12-9-6-4-3-5-8(9)11-10(12)13/h2-7H,1H3,(H,11,13)/b7-2+. The van der Waals surface area contributed by atoms with Gasteiger partial charge in [0.2, 0.25) is 0 Å². The van der Waals surface area contributed by atoms with E-state index in [1.54, 1.807) is 10.8 Å². The maximum Gasteiger partial charge on any atom is 0.330 e. The Labute approximate surface area is 75.3 Å². The van der Waals surface area contributed by atoms with Crippen LogP contribution in [0.4, 0.5) is 0 Å². The van der Waals surface area contributed by atoms with Gasteiger partial charge in [0.1, 0.15) is 0 Å². The number of nitrogens with zero attached hydrogens (tertiary/aromatic N) is 1. The predicted molar refractivity (Wildman–Crippen MR) is 53.6 cm³/mol. The van der Waals surface area contributed by atoms with Crippen LogP contribution in [0.25, 0.3) is 17.2 Å². The van der Waals surface area contributed by atoms with E-state index < -0.39 is 0 Å². The Morgan fingerprint density at radius 2 is 2.15 bits per heavy atom. The van der Waals surface area contributed by atoms with Crippen LogP contribution in [0.3, 0.4) is 0 Å². The summed E-state index contributed by atoms with van der Waals surface area (Å²) in [6, 6.07) is 7.61. The van der Waals surface area contributed by atoms with E-state index >= 15 is 0 Å². The van der Waals surface area contributed by atoms with E-state index in [2.05, 4.69) is 4.98 Å². The molecule has 0 amide bonds. The summed E-state index contributed by atoms with van der Waals surface area (Å²) in [5.74, 6) is 0. The fourth-order valence-corrected chi connectivity index (χ4v) is 1.37. The SMILES string of the molecule is C/C=C/n1c(=O)[nH]c2ccccc21. The number of fused-ring (bicyclic) bond motifs is 1. The second-order valence-corrected chi connectivity index (χ2v) is 2.80. The smallest absolute Gasteiger partial charge is 0.305 e. The lowest BCUT2D eigenvalue weighted by Gasteiger charge is -1.92. The molecule has 2 aromatic rings. The molecule has 3 heteroatoms. The lowest BCUT2D eigenvalue weighted by molar-refractivity contribution is 1.08. The van der Waals surface area contributed by atoms with E-state index in [1.165, 1.54) is 0 Å². The number of aromatic nitrogens is 2. The van der Waals surface area contributed by atoms with Crippen LogP contribution in [-0.2, 0) is 0 Å².